The molecule has 0 N–H and O–H groups in total. The fraction of sp³-hybridized carbons (Fsp3) is 0.192. The molecule has 0 amide bonds. The third-order valence-corrected chi connectivity index (χ3v) is 5.10. The van der Waals surface area contributed by atoms with Crippen LogP contribution in [0.4, 0.5) is 0 Å². The molecule has 7 nitrogen and oxygen atoms in total. The highest BCUT2D eigenvalue weighted by molar-refractivity contribution is 5.95. The van der Waals surface area contributed by atoms with E-state index >= 15 is 0 Å². The van der Waals surface area contributed by atoms with Gasteiger partial charge in [0, 0.05) is 54.6 Å². The Bertz CT molecular complexity index is 1320. The number of allylic oxidation sites excluding steroid dienone is 3. The first-order valence-corrected chi connectivity index (χ1v) is 10.6. The van der Waals surface area contributed by atoms with Crippen molar-refractivity contribution in [3.05, 3.63) is 78.8 Å². The van der Waals surface area contributed by atoms with Crippen LogP contribution in [-0.2, 0) is 0 Å². The van der Waals surface area contributed by atoms with Gasteiger partial charge in [0.15, 0.2) is 11.5 Å². The maximum absolute atomic E-state index is 5.52. The monoisotopic (exact) mass is 441 g/mol. The van der Waals surface area contributed by atoms with Gasteiger partial charge in [-0.2, -0.15) is 5.10 Å². The molecule has 0 aliphatic rings. The van der Waals surface area contributed by atoms with Crippen molar-refractivity contribution in [3.8, 4) is 28.7 Å². The van der Waals surface area contributed by atoms with E-state index in [0.29, 0.717) is 17.4 Å². The van der Waals surface area contributed by atoms with Crippen LogP contribution in [0.1, 0.15) is 12.5 Å². The van der Waals surface area contributed by atoms with E-state index in [1.807, 2.05) is 86.9 Å². The van der Waals surface area contributed by atoms with Gasteiger partial charge in [0.1, 0.15) is 0 Å². The van der Waals surface area contributed by atoms with Gasteiger partial charge in [0.25, 0.3) is 5.95 Å². The highest BCUT2D eigenvalue weighted by Crippen LogP contribution is 2.36. The predicted molar refractivity (Wildman–Crippen MR) is 132 cm³/mol. The molecule has 33 heavy (non-hydrogen) atoms. The minimum atomic E-state index is 0.476. The summed E-state index contributed by atoms with van der Waals surface area (Å²) in [6.45, 7) is 1.99. The van der Waals surface area contributed by atoms with Gasteiger partial charge in [0.05, 0.1) is 31.6 Å². The molecule has 0 unspecified atom stereocenters. The van der Waals surface area contributed by atoms with E-state index in [4.69, 9.17) is 19.4 Å². The Kier molecular flexibility index (Phi) is 6.40. The molecule has 0 aliphatic heterocycles. The number of hydrogen-bond donors (Lipinski definition) is 0. The van der Waals surface area contributed by atoms with Crippen LogP contribution in [0.25, 0.3) is 33.7 Å². The highest BCUT2D eigenvalue weighted by Gasteiger charge is 2.16. The minimum Gasteiger partial charge on any atom is -0.493 e. The molecule has 4 rings (SSSR count). The summed E-state index contributed by atoms with van der Waals surface area (Å²) in [6.07, 6.45) is 9.86. The fourth-order valence-electron chi connectivity index (χ4n) is 3.61. The molecule has 0 atom stereocenters. The van der Waals surface area contributed by atoms with Gasteiger partial charge in [-0.3, -0.25) is 0 Å². The van der Waals surface area contributed by atoms with Gasteiger partial charge in [0.2, 0.25) is 0 Å². The average Bonchev–Trinajstić information content (AvgIpc) is 3.33. The first-order valence-electron chi connectivity index (χ1n) is 10.6. The topological polar surface area (TPSA) is 65.3 Å². The third-order valence-electron chi connectivity index (χ3n) is 5.10. The number of fused-ring (bicyclic) bond motifs is 1. The number of aromatic nitrogens is 4. The maximum Gasteiger partial charge on any atom is 0.251 e. The Labute approximate surface area is 193 Å². The van der Waals surface area contributed by atoms with Crippen LogP contribution >= 0.6 is 0 Å². The Balaban J connectivity index is 1.91. The summed E-state index contributed by atoms with van der Waals surface area (Å²) in [5.74, 6) is 1.72. The second-order valence-electron chi connectivity index (χ2n) is 7.68. The van der Waals surface area contributed by atoms with E-state index in [9.17, 15) is 0 Å². The van der Waals surface area contributed by atoms with E-state index in [1.54, 1.807) is 18.9 Å². The first-order chi connectivity index (χ1) is 16.0. The number of ether oxygens (including phenoxy) is 2. The van der Waals surface area contributed by atoms with E-state index < -0.39 is 0 Å². The quantitative estimate of drug-likeness (QED) is 0.377. The standard InChI is InChI=1S/C26H27N5O2/c1-6-10-19(16-30(2)3)20-15-27-31(17-20)26-28-22-14-24(33-5)23(32-4)13-21(22)25(29-26)18-11-8-7-9-12-18/h6-17H,1-5H3/b10-6-,19-16+. The van der Waals surface area contributed by atoms with Crippen molar-refractivity contribution in [3.63, 3.8) is 0 Å². The van der Waals surface area contributed by atoms with Crippen molar-refractivity contribution < 1.29 is 9.47 Å². The zero-order valence-corrected chi connectivity index (χ0v) is 19.5. The summed E-state index contributed by atoms with van der Waals surface area (Å²) >= 11 is 0. The number of hydrogen-bond acceptors (Lipinski definition) is 6. The third kappa shape index (κ3) is 4.57. The number of methoxy groups -OCH3 is 2. The molecule has 0 saturated heterocycles. The van der Waals surface area contributed by atoms with Crippen LogP contribution in [-0.4, -0.2) is 53.0 Å². The van der Waals surface area contributed by atoms with Gasteiger partial charge >= 0.3 is 0 Å². The molecule has 7 heteroatoms. The van der Waals surface area contributed by atoms with E-state index in [1.165, 1.54) is 0 Å². The van der Waals surface area contributed by atoms with Crippen molar-refractivity contribution in [2.75, 3.05) is 28.3 Å². The molecule has 0 radical (unpaired) electrons. The second kappa shape index (κ2) is 9.56. The van der Waals surface area contributed by atoms with Crippen LogP contribution in [0.15, 0.2) is 73.2 Å². The SMILES string of the molecule is C/C=C\C(=C/N(C)C)c1cnn(-c2nc(-c3ccccc3)c3cc(OC)c(OC)cc3n2)c1. The van der Waals surface area contributed by atoms with E-state index in [2.05, 4.69) is 17.4 Å². The average molecular weight is 442 g/mol. The van der Waals surface area contributed by atoms with Gasteiger partial charge in [-0.1, -0.05) is 42.5 Å². The molecule has 0 spiro atoms. The van der Waals surface area contributed by atoms with Gasteiger partial charge in [-0.15, -0.1) is 0 Å². The van der Waals surface area contributed by atoms with E-state index in [0.717, 1.165) is 33.3 Å². The molecular weight excluding hydrogens is 414 g/mol. The van der Waals surface area contributed by atoms with Crippen molar-refractivity contribution in [2.45, 2.75) is 6.92 Å². The van der Waals surface area contributed by atoms with Gasteiger partial charge in [-0.05, 0) is 13.0 Å². The van der Waals surface area contributed by atoms with Gasteiger partial charge < -0.3 is 14.4 Å². The summed E-state index contributed by atoms with van der Waals surface area (Å²) in [5.41, 5.74) is 4.54. The molecular formula is C26H27N5O2. The zero-order valence-electron chi connectivity index (χ0n) is 19.5. The van der Waals surface area contributed by atoms with Crippen LogP contribution < -0.4 is 9.47 Å². The smallest absolute Gasteiger partial charge is 0.251 e. The summed E-state index contributed by atoms with van der Waals surface area (Å²) in [6, 6.07) is 13.8. The van der Waals surface area contributed by atoms with Crippen molar-refractivity contribution in [1.29, 1.82) is 0 Å². The second-order valence-corrected chi connectivity index (χ2v) is 7.68. The minimum absolute atomic E-state index is 0.476. The lowest BCUT2D eigenvalue weighted by Crippen LogP contribution is -2.04. The predicted octanol–water partition coefficient (Wildman–Crippen LogP) is 4.98. The van der Waals surface area contributed by atoms with Crippen molar-refractivity contribution in [2.24, 2.45) is 0 Å². The summed E-state index contributed by atoms with van der Waals surface area (Å²) < 4.78 is 12.7. The molecule has 0 fully saturated rings. The van der Waals surface area contributed by atoms with Crippen LogP contribution in [0, 0.1) is 0 Å². The Morgan fingerprint density at radius 3 is 2.39 bits per heavy atom. The molecule has 0 aliphatic carbocycles. The Morgan fingerprint density at radius 1 is 1.00 bits per heavy atom. The molecule has 168 valence electrons. The highest BCUT2D eigenvalue weighted by atomic mass is 16.5. The Morgan fingerprint density at radius 2 is 1.73 bits per heavy atom. The Hall–Kier alpha value is -4.13. The number of benzene rings is 2. The lowest BCUT2D eigenvalue weighted by Gasteiger charge is -2.13. The van der Waals surface area contributed by atoms with Gasteiger partial charge in [-0.25, -0.2) is 14.6 Å². The largest absolute Gasteiger partial charge is 0.493 e. The lowest BCUT2D eigenvalue weighted by atomic mass is 10.1. The summed E-state index contributed by atoms with van der Waals surface area (Å²) in [5, 5.41) is 5.43. The molecule has 0 saturated carbocycles. The molecule has 2 aromatic carbocycles. The van der Waals surface area contributed by atoms with Crippen molar-refractivity contribution >= 4 is 16.5 Å². The lowest BCUT2D eigenvalue weighted by molar-refractivity contribution is 0.356. The molecule has 4 aromatic rings. The van der Waals surface area contributed by atoms with Crippen molar-refractivity contribution in [1.82, 2.24) is 24.6 Å². The molecule has 2 heterocycles. The van der Waals surface area contributed by atoms with Crippen LogP contribution in [0.5, 0.6) is 11.5 Å². The van der Waals surface area contributed by atoms with E-state index in [-0.39, 0.29) is 0 Å². The summed E-state index contributed by atoms with van der Waals surface area (Å²) in [7, 11) is 7.22. The van der Waals surface area contributed by atoms with Crippen LogP contribution in [0.2, 0.25) is 0 Å². The van der Waals surface area contributed by atoms with Crippen LogP contribution in [0.3, 0.4) is 0 Å². The maximum atomic E-state index is 5.52. The fourth-order valence-corrected chi connectivity index (χ4v) is 3.61. The summed E-state index contributed by atoms with van der Waals surface area (Å²) in [4.78, 5) is 11.7. The molecule has 2 aromatic heterocycles. The molecule has 0 bridgehead atoms. The number of nitrogens with zero attached hydrogens (tertiary/aromatic N) is 5. The normalized spacial score (nSPS) is 11.8. The zero-order chi connectivity index (χ0) is 23.4. The first kappa shape index (κ1) is 22.1. The number of rotatable bonds is 7.